The lowest BCUT2D eigenvalue weighted by atomic mass is 10.2. The summed E-state index contributed by atoms with van der Waals surface area (Å²) in [5.74, 6) is -2.51. The monoisotopic (exact) mass is 333 g/mol. The molecule has 2 rings (SSSR count). The Morgan fingerprint density at radius 2 is 1.81 bits per heavy atom. The van der Waals surface area contributed by atoms with Gasteiger partial charge in [0.25, 0.3) is 0 Å². The number of aromatic nitrogens is 1. The minimum absolute atomic E-state index is 0.103. The SMILES string of the molecule is COc1ccc(Oc2c(Cl)c(F)nc(F)c2Cl)cc1C=O. The van der Waals surface area contributed by atoms with Gasteiger partial charge in [-0.1, -0.05) is 23.2 Å². The van der Waals surface area contributed by atoms with E-state index in [0.717, 1.165) is 0 Å². The number of nitrogens with zero attached hydrogens (tertiary/aromatic N) is 1. The number of carbonyl (C=O) groups excluding carboxylic acids is 1. The molecule has 2 aromatic rings. The van der Waals surface area contributed by atoms with Crippen LogP contribution in [0.1, 0.15) is 10.4 Å². The molecule has 1 aromatic heterocycles. The van der Waals surface area contributed by atoms with Gasteiger partial charge in [0.05, 0.1) is 12.7 Å². The van der Waals surface area contributed by atoms with Crippen molar-refractivity contribution in [3.63, 3.8) is 0 Å². The van der Waals surface area contributed by atoms with Gasteiger partial charge in [-0.05, 0) is 18.2 Å². The molecule has 0 spiro atoms. The van der Waals surface area contributed by atoms with Crippen LogP contribution >= 0.6 is 23.2 Å². The second-order valence-electron chi connectivity index (χ2n) is 3.77. The number of hydrogen-bond donors (Lipinski definition) is 0. The predicted molar refractivity (Wildman–Crippen MR) is 72.6 cm³/mol. The van der Waals surface area contributed by atoms with Crippen LogP contribution in [0, 0.1) is 11.9 Å². The van der Waals surface area contributed by atoms with Gasteiger partial charge in [-0.25, -0.2) is 0 Å². The van der Waals surface area contributed by atoms with Crippen LogP contribution in [-0.4, -0.2) is 18.4 Å². The first-order chi connectivity index (χ1) is 9.97. The summed E-state index contributed by atoms with van der Waals surface area (Å²) >= 11 is 11.3. The molecule has 0 unspecified atom stereocenters. The summed E-state index contributed by atoms with van der Waals surface area (Å²) in [5, 5.41) is -1.13. The van der Waals surface area contributed by atoms with Gasteiger partial charge in [-0.2, -0.15) is 13.8 Å². The molecule has 21 heavy (non-hydrogen) atoms. The van der Waals surface area contributed by atoms with Crippen LogP contribution in [-0.2, 0) is 0 Å². The number of hydrogen-bond acceptors (Lipinski definition) is 4. The zero-order valence-corrected chi connectivity index (χ0v) is 12.0. The molecule has 0 aliphatic carbocycles. The Bertz CT molecular complexity index is 684. The molecular weight excluding hydrogens is 327 g/mol. The molecule has 1 heterocycles. The first-order valence-electron chi connectivity index (χ1n) is 5.49. The van der Waals surface area contributed by atoms with E-state index >= 15 is 0 Å². The van der Waals surface area contributed by atoms with Crippen LogP contribution in [0.2, 0.25) is 10.0 Å². The van der Waals surface area contributed by atoms with E-state index in [1.54, 1.807) is 0 Å². The van der Waals surface area contributed by atoms with Gasteiger partial charge < -0.3 is 9.47 Å². The molecule has 0 N–H and O–H groups in total. The summed E-state index contributed by atoms with van der Waals surface area (Å²) < 4.78 is 36.8. The summed E-state index contributed by atoms with van der Waals surface area (Å²) in [6.07, 6.45) is 0.544. The van der Waals surface area contributed by atoms with E-state index in [-0.39, 0.29) is 11.3 Å². The van der Waals surface area contributed by atoms with Crippen LogP contribution in [0.5, 0.6) is 17.2 Å². The summed E-state index contributed by atoms with van der Waals surface area (Å²) in [6, 6.07) is 4.19. The third kappa shape index (κ3) is 3.06. The highest BCUT2D eigenvalue weighted by atomic mass is 35.5. The van der Waals surface area contributed by atoms with E-state index < -0.39 is 27.7 Å². The lowest BCUT2D eigenvalue weighted by Gasteiger charge is -2.11. The quantitative estimate of drug-likeness (QED) is 0.619. The number of pyridine rings is 1. The summed E-state index contributed by atoms with van der Waals surface area (Å²) in [5.41, 5.74) is 0.192. The van der Waals surface area contributed by atoms with Crippen LogP contribution in [0.4, 0.5) is 8.78 Å². The molecule has 4 nitrogen and oxygen atoms in total. The maximum atomic E-state index is 13.3. The highest BCUT2D eigenvalue weighted by molar-refractivity contribution is 6.37. The Kier molecular flexibility index (Phi) is 4.59. The van der Waals surface area contributed by atoms with Gasteiger partial charge >= 0.3 is 0 Å². The Labute approximate surface area is 128 Å². The average molecular weight is 334 g/mol. The van der Waals surface area contributed by atoms with E-state index in [2.05, 4.69) is 4.98 Å². The van der Waals surface area contributed by atoms with Gasteiger partial charge in [0.2, 0.25) is 11.9 Å². The molecule has 8 heteroatoms. The van der Waals surface area contributed by atoms with Crippen molar-refractivity contribution in [3.8, 4) is 17.2 Å². The fourth-order valence-corrected chi connectivity index (χ4v) is 1.94. The summed E-state index contributed by atoms with van der Waals surface area (Å²) in [4.78, 5) is 13.8. The van der Waals surface area contributed by atoms with Crippen LogP contribution in [0.25, 0.3) is 0 Å². The van der Waals surface area contributed by atoms with Gasteiger partial charge in [-0.15, -0.1) is 0 Å². The van der Waals surface area contributed by atoms with Gasteiger partial charge in [0.15, 0.2) is 12.0 Å². The standard InChI is InChI=1S/C13H7Cl2F2NO3/c1-20-8-3-2-7(4-6(8)5-19)21-11-9(14)12(16)18-13(17)10(11)15/h2-5H,1H3. The molecule has 0 aliphatic heterocycles. The van der Waals surface area contributed by atoms with E-state index in [1.807, 2.05) is 0 Å². The lowest BCUT2D eigenvalue weighted by Crippen LogP contribution is -1.97. The number of carbonyl (C=O) groups is 1. The maximum absolute atomic E-state index is 13.3. The van der Waals surface area contributed by atoms with Crippen LogP contribution in [0.3, 0.4) is 0 Å². The molecule has 0 saturated carbocycles. The van der Waals surface area contributed by atoms with E-state index in [0.29, 0.717) is 12.0 Å². The molecule has 0 saturated heterocycles. The zero-order valence-electron chi connectivity index (χ0n) is 10.5. The van der Waals surface area contributed by atoms with E-state index in [9.17, 15) is 13.6 Å². The van der Waals surface area contributed by atoms with Gasteiger partial charge in [-0.3, -0.25) is 4.79 Å². The van der Waals surface area contributed by atoms with Crippen molar-refractivity contribution >= 4 is 29.5 Å². The number of methoxy groups -OCH3 is 1. The summed E-state index contributed by atoms with van der Waals surface area (Å²) in [7, 11) is 1.39. The molecule has 0 aliphatic rings. The molecule has 110 valence electrons. The molecule has 1 aromatic carbocycles. The van der Waals surface area contributed by atoms with Crippen molar-refractivity contribution in [2.75, 3.05) is 7.11 Å². The average Bonchev–Trinajstić information content (AvgIpc) is 2.49. The first kappa shape index (κ1) is 15.5. The third-order valence-electron chi connectivity index (χ3n) is 2.51. The zero-order chi connectivity index (χ0) is 15.6. The topological polar surface area (TPSA) is 48.4 Å². The Morgan fingerprint density at radius 1 is 1.19 bits per heavy atom. The van der Waals surface area contributed by atoms with Crippen molar-refractivity contribution in [2.45, 2.75) is 0 Å². The Morgan fingerprint density at radius 3 is 2.33 bits per heavy atom. The molecule has 0 amide bonds. The first-order valence-corrected chi connectivity index (χ1v) is 6.24. The number of halogens is 4. The number of aldehydes is 1. The largest absolute Gasteiger partial charge is 0.496 e. The van der Waals surface area contributed by atoms with Crippen LogP contribution in [0.15, 0.2) is 18.2 Å². The number of benzene rings is 1. The minimum atomic E-state index is -1.25. The predicted octanol–water partition coefficient (Wildman–Crippen LogP) is 4.28. The Balaban J connectivity index is 2.46. The van der Waals surface area contributed by atoms with Gasteiger partial charge in [0, 0.05) is 0 Å². The second kappa shape index (κ2) is 6.24. The van der Waals surface area contributed by atoms with E-state index in [4.69, 9.17) is 32.7 Å². The molecule has 0 bridgehead atoms. The van der Waals surface area contributed by atoms with Crippen molar-refractivity contribution in [1.82, 2.24) is 4.98 Å². The highest BCUT2D eigenvalue weighted by Crippen LogP contribution is 2.39. The normalized spacial score (nSPS) is 10.3. The number of ether oxygens (including phenoxy) is 2. The van der Waals surface area contributed by atoms with Crippen molar-refractivity contribution in [1.29, 1.82) is 0 Å². The third-order valence-corrected chi connectivity index (χ3v) is 3.16. The summed E-state index contributed by atoms with van der Waals surface area (Å²) in [6.45, 7) is 0. The van der Waals surface area contributed by atoms with Gasteiger partial charge in [0.1, 0.15) is 21.5 Å². The molecule has 0 fully saturated rings. The van der Waals surface area contributed by atoms with Crippen molar-refractivity contribution in [3.05, 3.63) is 45.7 Å². The van der Waals surface area contributed by atoms with Crippen LogP contribution < -0.4 is 9.47 Å². The lowest BCUT2D eigenvalue weighted by molar-refractivity contribution is 0.112. The second-order valence-corrected chi connectivity index (χ2v) is 4.53. The molecule has 0 atom stereocenters. The van der Waals surface area contributed by atoms with Crippen molar-refractivity contribution < 1.29 is 23.0 Å². The smallest absolute Gasteiger partial charge is 0.238 e. The molecular formula is C13H7Cl2F2NO3. The van der Waals surface area contributed by atoms with Crippen molar-refractivity contribution in [2.24, 2.45) is 0 Å². The molecule has 0 radical (unpaired) electrons. The van der Waals surface area contributed by atoms with E-state index in [1.165, 1.54) is 25.3 Å². The maximum Gasteiger partial charge on any atom is 0.238 e. The highest BCUT2D eigenvalue weighted by Gasteiger charge is 2.20. The minimum Gasteiger partial charge on any atom is -0.496 e. The Hall–Kier alpha value is -1.92. The number of rotatable bonds is 4. The fourth-order valence-electron chi connectivity index (χ4n) is 1.54. The fraction of sp³-hybridized carbons (Fsp3) is 0.0769.